The molecule has 0 aliphatic heterocycles. The molecule has 2 N–H and O–H groups in total. The maximum atomic E-state index is 12.9. The summed E-state index contributed by atoms with van der Waals surface area (Å²) in [5.41, 5.74) is 2.18. The summed E-state index contributed by atoms with van der Waals surface area (Å²) in [5.74, 6) is 1.58. The van der Waals surface area contributed by atoms with Gasteiger partial charge in [0.2, 0.25) is 5.95 Å². The molecule has 0 saturated carbocycles. The Morgan fingerprint density at radius 3 is 2.37 bits per heavy atom. The summed E-state index contributed by atoms with van der Waals surface area (Å²) in [4.78, 5) is 13.7. The molecule has 11 heteroatoms. The highest BCUT2D eigenvalue weighted by molar-refractivity contribution is 5.84. The molecular weight excluding hydrogens is 457 g/mol. The minimum absolute atomic E-state index is 0.301. The first-order valence-electron chi connectivity index (χ1n) is 10.8. The number of halogens is 3. The molecule has 2 aromatic carbocycles. The number of aromatic nitrogens is 6. The van der Waals surface area contributed by atoms with Gasteiger partial charge in [-0.3, -0.25) is 4.68 Å². The smallest absolute Gasteiger partial charge is 0.364 e. The normalized spacial score (nSPS) is 11.7. The Kier molecular flexibility index (Phi) is 5.81. The molecule has 0 fully saturated rings. The van der Waals surface area contributed by atoms with Gasteiger partial charge in [-0.25, -0.2) is 4.98 Å². The number of nitrogens with zero attached hydrogens (tertiary/aromatic N) is 6. The van der Waals surface area contributed by atoms with E-state index in [1.807, 2.05) is 30.3 Å². The quantitative estimate of drug-likeness (QED) is 0.343. The number of alkyl halides is 3. The van der Waals surface area contributed by atoms with E-state index in [4.69, 9.17) is 0 Å². The number of fused-ring (bicyclic) bond motifs is 1. The maximum Gasteiger partial charge on any atom is 0.416 e. The van der Waals surface area contributed by atoms with Crippen LogP contribution in [0.3, 0.4) is 0 Å². The second kappa shape index (κ2) is 9.09. The number of hydrogen-bond acceptors (Lipinski definition) is 6. The van der Waals surface area contributed by atoms with Gasteiger partial charge < -0.3 is 15.2 Å². The summed E-state index contributed by atoms with van der Waals surface area (Å²) in [6, 6.07) is 16.7. The van der Waals surface area contributed by atoms with Gasteiger partial charge in [-0.2, -0.15) is 28.2 Å². The highest BCUT2D eigenvalue weighted by Crippen LogP contribution is 2.29. The third kappa shape index (κ3) is 4.93. The fourth-order valence-electron chi connectivity index (χ4n) is 3.63. The van der Waals surface area contributed by atoms with E-state index in [-0.39, 0.29) is 0 Å². The Morgan fingerprint density at radius 2 is 1.69 bits per heavy atom. The van der Waals surface area contributed by atoms with Crippen molar-refractivity contribution in [3.63, 3.8) is 0 Å². The molecule has 0 saturated heterocycles. The lowest BCUT2D eigenvalue weighted by Gasteiger charge is -2.11. The summed E-state index contributed by atoms with van der Waals surface area (Å²) in [5, 5.41) is 10.6. The van der Waals surface area contributed by atoms with E-state index in [1.165, 1.54) is 12.1 Å². The lowest BCUT2D eigenvalue weighted by Crippen LogP contribution is -2.09. The molecule has 178 valence electrons. The highest BCUT2D eigenvalue weighted by Gasteiger charge is 2.30. The van der Waals surface area contributed by atoms with Gasteiger partial charge in [0.15, 0.2) is 17.0 Å². The van der Waals surface area contributed by atoms with Crippen LogP contribution in [-0.2, 0) is 26.3 Å². The van der Waals surface area contributed by atoms with Crippen LogP contribution in [0.5, 0.6) is 0 Å². The standard InChI is InChI=1S/C24H21F3N8/c1-34-19(11-12-30-34)31-23-32-21(28-13-16-5-3-2-4-6-16)20-22(33-23)35(15-29-20)14-17-7-9-18(10-8-17)24(25,26)27/h2-12,15H,13-14H2,1H3,(H2,28,31,32,33). The van der Waals surface area contributed by atoms with Crippen LogP contribution in [0, 0.1) is 0 Å². The number of imidazole rings is 1. The molecule has 0 atom stereocenters. The Morgan fingerprint density at radius 1 is 0.914 bits per heavy atom. The number of anilines is 3. The van der Waals surface area contributed by atoms with Crippen LogP contribution in [0.2, 0.25) is 0 Å². The summed E-state index contributed by atoms with van der Waals surface area (Å²) >= 11 is 0. The molecule has 0 radical (unpaired) electrons. The summed E-state index contributed by atoms with van der Waals surface area (Å²) < 4.78 is 42.2. The molecule has 0 amide bonds. The predicted octanol–water partition coefficient (Wildman–Crippen LogP) is 4.98. The Balaban J connectivity index is 1.49. The van der Waals surface area contributed by atoms with Crippen molar-refractivity contribution in [2.45, 2.75) is 19.3 Å². The average Bonchev–Trinajstić information content (AvgIpc) is 3.44. The van der Waals surface area contributed by atoms with Crippen molar-refractivity contribution in [2.75, 3.05) is 10.6 Å². The van der Waals surface area contributed by atoms with E-state index in [2.05, 4.69) is 30.7 Å². The molecule has 0 unspecified atom stereocenters. The third-order valence-corrected chi connectivity index (χ3v) is 5.46. The fraction of sp³-hybridized carbons (Fsp3) is 0.167. The molecule has 0 bridgehead atoms. The van der Waals surface area contributed by atoms with E-state index in [0.717, 1.165) is 17.7 Å². The average molecular weight is 478 g/mol. The third-order valence-electron chi connectivity index (χ3n) is 5.46. The molecule has 35 heavy (non-hydrogen) atoms. The van der Waals surface area contributed by atoms with Gasteiger partial charge in [0, 0.05) is 19.7 Å². The molecule has 0 spiro atoms. The minimum Gasteiger partial charge on any atom is -0.364 e. The van der Waals surface area contributed by atoms with Gasteiger partial charge in [0.05, 0.1) is 24.6 Å². The van der Waals surface area contributed by atoms with Crippen LogP contribution < -0.4 is 10.6 Å². The molecule has 3 aromatic heterocycles. The van der Waals surface area contributed by atoms with Gasteiger partial charge in [-0.05, 0) is 23.3 Å². The fourth-order valence-corrected chi connectivity index (χ4v) is 3.63. The largest absolute Gasteiger partial charge is 0.416 e. The second-order valence-electron chi connectivity index (χ2n) is 7.94. The minimum atomic E-state index is -4.38. The lowest BCUT2D eigenvalue weighted by molar-refractivity contribution is -0.137. The monoisotopic (exact) mass is 478 g/mol. The number of hydrogen-bond donors (Lipinski definition) is 2. The van der Waals surface area contributed by atoms with Crippen molar-refractivity contribution >= 4 is 28.7 Å². The molecular formula is C24H21F3N8. The van der Waals surface area contributed by atoms with Crippen molar-refractivity contribution in [1.82, 2.24) is 29.3 Å². The van der Waals surface area contributed by atoms with Crippen molar-refractivity contribution in [3.8, 4) is 0 Å². The number of rotatable bonds is 7. The first kappa shape index (κ1) is 22.4. The van der Waals surface area contributed by atoms with E-state index in [9.17, 15) is 13.2 Å². The van der Waals surface area contributed by atoms with E-state index in [0.29, 0.717) is 47.4 Å². The van der Waals surface area contributed by atoms with Gasteiger partial charge in [-0.1, -0.05) is 42.5 Å². The van der Waals surface area contributed by atoms with Crippen molar-refractivity contribution in [3.05, 3.63) is 89.9 Å². The van der Waals surface area contributed by atoms with Crippen LogP contribution >= 0.6 is 0 Å². The zero-order chi connectivity index (χ0) is 24.4. The van der Waals surface area contributed by atoms with Crippen LogP contribution in [0.25, 0.3) is 11.2 Å². The van der Waals surface area contributed by atoms with Gasteiger partial charge in [0.25, 0.3) is 0 Å². The number of benzene rings is 2. The Bertz CT molecular complexity index is 1440. The van der Waals surface area contributed by atoms with Gasteiger partial charge in [-0.15, -0.1) is 0 Å². The Labute approximate surface area is 198 Å². The molecule has 5 aromatic rings. The summed E-state index contributed by atoms with van der Waals surface area (Å²) in [6.07, 6.45) is -1.11. The zero-order valence-corrected chi connectivity index (χ0v) is 18.7. The molecule has 0 aliphatic rings. The topological polar surface area (TPSA) is 85.5 Å². The Hall–Kier alpha value is -4.41. The molecule has 8 nitrogen and oxygen atoms in total. The van der Waals surface area contributed by atoms with E-state index >= 15 is 0 Å². The molecule has 0 aliphatic carbocycles. The summed E-state index contributed by atoms with van der Waals surface area (Å²) in [6.45, 7) is 0.832. The number of aryl methyl sites for hydroxylation is 1. The van der Waals surface area contributed by atoms with Crippen molar-refractivity contribution in [2.24, 2.45) is 7.05 Å². The molecule has 5 rings (SSSR count). The maximum absolute atomic E-state index is 12.9. The highest BCUT2D eigenvalue weighted by atomic mass is 19.4. The van der Waals surface area contributed by atoms with E-state index in [1.54, 1.807) is 34.9 Å². The van der Waals surface area contributed by atoms with E-state index < -0.39 is 11.7 Å². The summed E-state index contributed by atoms with van der Waals surface area (Å²) in [7, 11) is 1.80. The van der Waals surface area contributed by atoms with Crippen LogP contribution in [0.4, 0.5) is 30.8 Å². The predicted molar refractivity (Wildman–Crippen MR) is 126 cm³/mol. The molecule has 3 heterocycles. The van der Waals surface area contributed by atoms with Crippen molar-refractivity contribution in [1.29, 1.82) is 0 Å². The SMILES string of the molecule is Cn1nccc1Nc1nc(NCc2ccccc2)c2ncn(Cc3ccc(C(F)(F)F)cc3)c2n1. The van der Waals surface area contributed by atoms with Crippen LogP contribution in [0.15, 0.2) is 73.2 Å². The first-order chi connectivity index (χ1) is 16.9. The van der Waals surface area contributed by atoms with Crippen molar-refractivity contribution < 1.29 is 13.2 Å². The zero-order valence-electron chi connectivity index (χ0n) is 18.7. The van der Waals surface area contributed by atoms with Gasteiger partial charge in [0.1, 0.15) is 5.82 Å². The second-order valence-corrected chi connectivity index (χ2v) is 7.94. The van der Waals surface area contributed by atoms with Gasteiger partial charge >= 0.3 is 6.18 Å². The van der Waals surface area contributed by atoms with Crippen LogP contribution in [-0.4, -0.2) is 29.3 Å². The lowest BCUT2D eigenvalue weighted by atomic mass is 10.1. The van der Waals surface area contributed by atoms with Crippen LogP contribution in [0.1, 0.15) is 16.7 Å². The number of nitrogens with one attached hydrogen (secondary N) is 2. The first-order valence-corrected chi connectivity index (χ1v) is 10.8.